The van der Waals surface area contributed by atoms with Crippen molar-refractivity contribution in [1.29, 1.82) is 0 Å². The summed E-state index contributed by atoms with van der Waals surface area (Å²) < 4.78 is 37.0. The second kappa shape index (κ2) is 5.04. The van der Waals surface area contributed by atoms with Crippen molar-refractivity contribution in [2.24, 2.45) is 0 Å². The Labute approximate surface area is 136 Å². The van der Waals surface area contributed by atoms with Gasteiger partial charge in [-0.2, -0.15) is 0 Å². The normalized spacial score (nSPS) is 15.7. The van der Waals surface area contributed by atoms with E-state index in [9.17, 15) is 8.42 Å². The van der Waals surface area contributed by atoms with Gasteiger partial charge in [0.25, 0.3) is 0 Å². The maximum Gasteiger partial charge on any atom is 0.363 e. The highest BCUT2D eigenvalue weighted by Crippen LogP contribution is 2.31. The minimum Gasteiger partial charge on any atom is -0.412 e. The van der Waals surface area contributed by atoms with Crippen molar-refractivity contribution in [3.8, 4) is 0 Å². The fourth-order valence-electron chi connectivity index (χ4n) is 2.68. The summed E-state index contributed by atoms with van der Waals surface area (Å²) in [7, 11) is -3.77. The Bertz CT molecular complexity index is 1080. The average Bonchev–Trinajstić information content (AvgIpc) is 2.99. The monoisotopic (exact) mass is 342 g/mol. The number of benzene rings is 2. The maximum atomic E-state index is 13.1. The van der Waals surface area contributed by atoms with E-state index in [1.807, 2.05) is 12.1 Å². The van der Waals surface area contributed by atoms with Gasteiger partial charge in [-0.3, -0.25) is 0 Å². The number of sulfone groups is 1. The number of fused-ring (bicyclic) bond motifs is 1. The molecular formula is C17H10O4S2. The Kier molecular flexibility index (Phi) is 3.11. The number of hydrogen-bond acceptors (Lipinski definition) is 5. The van der Waals surface area contributed by atoms with Crippen molar-refractivity contribution >= 4 is 31.9 Å². The molecule has 2 aromatic carbocycles. The Morgan fingerprint density at radius 3 is 1.48 bits per heavy atom. The lowest BCUT2D eigenvalue weighted by atomic mass is 10.2. The van der Waals surface area contributed by atoms with Crippen LogP contribution in [0.2, 0.25) is 0 Å². The molecule has 1 aromatic heterocycles. The molecule has 0 N–H and O–H groups in total. The highest BCUT2D eigenvalue weighted by Gasteiger charge is 2.36. The first-order valence-corrected chi connectivity index (χ1v) is 8.72. The quantitative estimate of drug-likeness (QED) is 0.669. The van der Waals surface area contributed by atoms with Gasteiger partial charge in [-0.15, -0.1) is 0 Å². The van der Waals surface area contributed by atoms with Gasteiger partial charge in [0.1, 0.15) is 9.81 Å². The van der Waals surface area contributed by atoms with E-state index in [-0.39, 0.29) is 25.5 Å². The molecule has 0 fully saturated rings. The lowest BCUT2D eigenvalue weighted by Gasteiger charge is -2.07. The number of rotatable bonds is 2. The topological polar surface area (TPSA) is 60.4 Å². The third-order valence-electron chi connectivity index (χ3n) is 3.60. The van der Waals surface area contributed by atoms with Crippen LogP contribution in [0, 0.1) is 4.90 Å². The summed E-state index contributed by atoms with van der Waals surface area (Å²) in [5.74, 6) is 0. The minimum atomic E-state index is -3.77. The van der Waals surface area contributed by atoms with E-state index < -0.39 is 9.84 Å². The smallest absolute Gasteiger partial charge is 0.363 e. The largest absolute Gasteiger partial charge is 0.412 e. The summed E-state index contributed by atoms with van der Waals surface area (Å²) in [5.41, 5.74) is 1.42. The van der Waals surface area contributed by atoms with Crippen molar-refractivity contribution in [3.05, 3.63) is 87.5 Å². The molecule has 0 unspecified atom stereocenters. The van der Waals surface area contributed by atoms with Gasteiger partial charge >= 0.3 is 4.90 Å². The van der Waals surface area contributed by atoms with E-state index in [1.165, 1.54) is 0 Å². The first-order valence-electron chi connectivity index (χ1n) is 6.83. The minimum absolute atomic E-state index is 0.0896. The number of hydrogen-bond donors (Lipinski definition) is 0. The summed E-state index contributed by atoms with van der Waals surface area (Å²) in [4.78, 5) is 0.0883. The maximum absolute atomic E-state index is 13.1. The van der Waals surface area contributed by atoms with E-state index in [0.717, 1.165) is 0 Å². The molecule has 1 aliphatic heterocycles. The molecule has 0 amide bonds. The SMILES string of the molecule is O=S1(=O)C(c2ccccc2)=c2oc(=S)oc2=C1c1ccccc1. The third-order valence-corrected chi connectivity index (χ3v) is 5.68. The van der Waals surface area contributed by atoms with Crippen LogP contribution in [0.25, 0.3) is 9.81 Å². The molecule has 114 valence electrons. The fraction of sp³-hybridized carbons (Fsp3) is 0. The Morgan fingerprint density at radius 2 is 1.09 bits per heavy atom. The third kappa shape index (κ3) is 2.10. The van der Waals surface area contributed by atoms with Crippen LogP contribution in [0.1, 0.15) is 11.1 Å². The zero-order valence-corrected chi connectivity index (χ0v) is 13.4. The Hall–Kier alpha value is -2.44. The van der Waals surface area contributed by atoms with Gasteiger partial charge in [0.05, 0.1) is 0 Å². The molecule has 4 rings (SSSR count). The van der Waals surface area contributed by atoms with Gasteiger partial charge < -0.3 is 8.83 Å². The Morgan fingerprint density at radius 1 is 0.696 bits per heavy atom. The predicted octanol–water partition coefficient (Wildman–Crippen LogP) is 2.34. The van der Waals surface area contributed by atoms with Crippen LogP contribution in [-0.4, -0.2) is 8.42 Å². The Balaban J connectivity index is 2.19. The van der Waals surface area contributed by atoms with E-state index in [2.05, 4.69) is 0 Å². The van der Waals surface area contributed by atoms with Crippen LogP contribution in [0.4, 0.5) is 0 Å². The second-order valence-corrected chi connectivity index (χ2v) is 7.16. The average molecular weight is 342 g/mol. The highest BCUT2D eigenvalue weighted by atomic mass is 32.2. The zero-order chi connectivity index (χ0) is 16.0. The molecule has 0 bridgehead atoms. The molecule has 4 nitrogen and oxygen atoms in total. The van der Waals surface area contributed by atoms with Crippen LogP contribution in [0.5, 0.6) is 0 Å². The van der Waals surface area contributed by atoms with Gasteiger partial charge in [0, 0.05) is 12.2 Å². The van der Waals surface area contributed by atoms with E-state index in [4.69, 9.17) is 21.1 Å². The van der Waals surface area contributed by atoms with Gasteiger partial charge in [0.15, 0.2) is 10.8 Å². The van der Waals surface area contributed by atoms with Crippen LogP contribution in [0.15, 0.2) is 69.5 Å². The molecule has 2 heterocycles. The van der Waals surface area contributed by atoms with Crippen molar-refractivity contribution in [3.63, 3.8) is 0 Å². The molecule has 6 heteroatoms. The second-order valence-electron chi connectivity index (χ2n) is 5.01. The highest BCUT2D eigenvalue weighted by molar-refractivity contribution is 8.09. The molecule has 0 saturated heterocycles. The molecule has 0 saturated carbocycles. The summed E-state index contributed by atoms with van der Waals surface area (Å²) in [6.07, 6.45) is 0. The molecule has 3 aromatic rings. The lowest BCUT2D eigenvalue weighted by molar-refractivity contribution is 0.403. The van der Waals surface area contributed by atoms with E-state index in [1.54, 1.807) is 48.5 Å². The summed E-state index contributed by atoms with van der Waals surface area (Å²) in [6.45, 7) is 0. The van der Waals surface area contributed by atoms with Gasteiger partial charge in [-0.1, -0.05) is 60.7 Å². The van der Waals surface area contributed by atoms with Crippen LogP contribution in [-0.2, 0) is 9.84 Å². The molecule has 23 heavy (non-hydrogen) atoms. The van der Waals surface area contributed by atoms with Crippen LogP contribution >= 0.6 is 12.2 Å². The van der Waals surface area contributed by atoms with Crippen molar-refractivity contribution in [1.82, 2.24) is 0 Å². The standard InChI is InChI=1S/C17H10O4S2/c18-23(19)15(11-7-3-1-4-8-11)13-14(21-17(22)20-13)16(23)12-9-5-2-6-10-12/h1-10H. The van der Waals surface area contributed by atoms with E-state index in [0.29, 0.717) is 11.1 Å². The molecule has 0 aliphatic carbocycles. The summed E-state index contributed by atoms with van der Waals surface area (Å²) >= 11 is 4.95. The van der Waals surface area contributed by atoms with Crippen molar-refractivity contribution in [2.75, 3.05) is 0 Å². The van der Waals surface area contributed by atoms with Crippen molar-refractivity contribution in [2.45, 2.75) is 0 Å². The summed E-state index contributed by atoms with van der Waals surface area (Å²) in [5, 5.41) is 0. The molecule has 1 aliphatic rings. The summed E-state index contributed by atoms with van der Waals surface area (Å²) in [6, 6.07) is 17.6. The zero-order valence-electron chi connectivity index (χ0n) is 11.7. The van der Waals surface area contributed by atoms with Crippen LogP contribution < -0.4 is 10.8 Å². The molecular weight excluding hydrogens is 332 g/mol. The predicted molar refractivity (Wildman–Crippen MR) is 87.9 cm³/mol. The first-order chi connectivity index (χ1) is 11.1. The lowest BCUT2D eigenvalue weighted by Crippen LogP contribution is -2.19. The van der Waals surface area contributed by atoms with Crippen LogP contribution in [0.3, 0.4) is 0 Å². The van der Waals surface area contributed by atoms with E-state index >= 15 is 0 Å². The molecule has 0 atom stereocenters. The molecule has 0 radical (unpaired) electrons. The molecule has 0 spiro atoms. The van der Waals surface area contributed by atoms with Crippen molar-refractivity contribution < 1.29 is 17.3 Å². The fourth-order valence-corrected chi connectivity index (χ4v) is 4.70. The van der Waals surface area contributed by atoms with Gasteiger partial charge in [-0.25, -0.2) is 8.42 Å². The van der Waals surface area contributed by atoms with Gasteiger partial charge in [-0.05, 0) is 11.1 Å². The van der Waals surface area contributed by atoms with Gasteiger partial charge in [0.2, 0.25) is 9.84 Å². The first kappa shape index (κ1) is 14.2.